The number of rotatable bonds is 4. The highest BCUT2D eigenvalue weighted by Crippen LogP contribution is 2.29. The lowest BCUT2D eigenvalue weighted by molar-refractivity contribution is 0.00574. The van der Waals surface area contributed by atoms with E-state index in [9.17, 15) is 8.78 Å². The van der Waals surface area contributed by atoms with E-state index in [0.717, 1.165) is 10.6 Å². The normalized spacial score (nSPS) is 11.7. The van der Waals surface area contributed by atoms with Crippen LogP contribution >= 0.6 is 11.8 Å². The second kappa shape index (κ2) is 4.75. The average molecular weight is 217 g/mol. The molecule has 0 unspecified atom stereocenters. The molecule has 0 saturated carbocycles. The molecule has 1 rings (SSSR count). The first-order chi connectivity index (χ1) is 6.60. The third-order valence-electron chi connectivity index (χ3n) is 1.82. The predicted octanol–water partition coefficient (Wildman–Crippen LogP) is 2.85. The summed E-state index contributed by atoms with van der Waals surface area (Å²) in [5.41, 5.74) is 5.00. The molecule has 0 fully saturated rings. The zero-order valence-corrected chi connectivity index (χ0v) is 8.78. The highest BCUT2D eigenvalue weighted by molar-refractivity contribution is 7.99. The monoisotopic (exact) mass is 217 g/mol. The number of hydrogen-bond donors (Lipinski definition) is 1. The maximum Gasteiger partial charge on any atom is 0.285 e. The second-order valence-corrected chi connectivity index (χ2v) is 4.21. The van der Waals surface area contributed by atoms with Crippen molar-refractivity contribution >= 4 is 11.8 Å². The van der Waals surface area contributed by atoms with Crippen molar-refractivity contribution in [3.05, 3.63) is 29.8 Å². The summed E-state index contributed by atoms with van der Waals surface area (Å²) in [6, 6.07) is 6.37. The average Bonchev–Trinajstić information content (AvgIpc) is 2.19. The molecule has 1 nitrogen and oxygen atoms in total. The first-order valence-corrected chi connectivity index (χ1v) is 5.40. The SMILES string of the molecule is CCSc1cccc(C(F)(F)CN)c1. The molecule has 0 bridgehead atoms. The van der Waals surface area contributed by atoms with Gasteiger partial charge in [0.05, 0.1) is 6.54 Å². The quantitative estimate of drug-likeness (QED) is 0.785. The molecule has 14 heavy (non-hydrogen) atoms. The van der Waals surface area contributed by atoms with Crippen LogP contribution in [-0.2, 0) is 5.92 Å². The largest absolute Gasteiger partial charge is 0.325 e. The molecule has 0 spiro atoms. The van der Waals surface area contributed by atoms with Crippen molar-refractivity contribution in [2.45, 2.75) is 17.7 Å². The van der Waals surface area contributed by atoms with Gasteiger partial charge in [0.25, 0.3) is 5.92 Å². The molecular weight excluding hydrogens is 204 g/mol. The summed E-state index contributed by atoms with van der Waals surface area (Å²) >= 11 is 1.54. The topological polar surface area (TPSA) is 26.0 Å². The van der Waals surface area contributed by atoms with Crippen LogP contribution in [-0.4, -0.2) is 12.3 Å². The Balaban J connectivity index is 2.93. The smallest absolute Gasteiger partial charge is 0.285 e. The molecule has 78 valence electrons. The Morgan fingerprint density at radius 3 is 2.71 bits per heavy atom. The minimum absolute atomic E-state index is 0.00144. The van der Waals surface area contributed by atoms with Crippen LogP contribution < -0.4 is 5.73 Å². The number of hydrogen-bond acceptors (Lipinski definition) is 2. The molecule has 0 aliphatic rings. The van der Waals surface area contributed by atoms with Gasteiger partial charge in [-0.2, -0.15) is 8.78 Å². The van der Waals surface area contributed by atoms with Gasteiger partial charge in [0.15, 0.2) is 0 Å². The van der Waals surface area contributed by atoms with Crippen LogP contribution in [0.3, 0.4) is 0 Å². The lowest BCUT2D eigenvalue weighted by Crippen LogP contribution is -2.24. The summed E-state index contributed by atoms with van der Waals surface area (Å²) in [6.45, 7) is 1.34. The van der Waals surface area contributed by atoms with Crippen molar-refractivity contribution in [2.75, 3.05) is 12.3 Å². The van der Waals surface area contributed by atoms with Gasteiger partial charge in [-0.3, -0.25) is 0 Å². The summed E-state index contributed by atoms with van der Waals surface area (Å²) in [6.07, 6.45) is 0. The van der Waals surface area contributed by atoms with Crippen molar-refractivity contribution in [1.29, 1.82) is 0 Å². The number of benzene rings is 1. The third kappa shape index (κ3) is 2.69. The number of thioether (sulfide) groups is 1. The van der Waals surface area contributed by atoms with Crippen molar-refractivity contribution in [1.82, 2.24) is 0 Å². The minimum Gasteiger partial charge on any atom is -0.325 e. The molecule has 0 aliphatic carbocycles. The summed E-state index contributed by atoms with van der Waals surface area (Å²) in [4.78, 5) is 0.859. The molecule has 0 atom stereocenters. The Kier molecular flexibility index (Phi) is 3.89. The van der Waals surface area contributed by atoms with E-state index in [0.29, 0.717) is 0 Å². The molecule has 2 N–H and O–H groups in total. The van der Waals surface area contributed by atoms with Crippen LogP contribution in [0.25, 0.3) is 0 Å². The Labute approximate surface area is 86.7 Å². The first-order valence-electron chi connectivity index (χ1n) is 4.41. The van der Waals surface area contributed by atoms with Gasteiger partial charge < -0.3 is 5.73 Å². The van der Waals surface area contributed by atoms with E-state index in [1.165, 1.54) is 12.1 Å². The van der Waals surface area contributed by atoms with Crippen LogP contribution in [0.2, 0.25) is 0 Å². The maximum atomic E-state index is 13.2. The molecule has 0 heterocycles. The summed E-state index contributed by atoms with van der Waals surface area (Å²) in [5.74, 6) is -2.04. The Bertz CT molecular complexity index is 302. The lowest BCUT2D eigenvalue weighted by atomic mass is 10.1. The van der Waals surface area contributed by atoms with Crippen LogP contribution in [0.15, 0.2) is 29.2 Å². The van der Waals surface area contributed by atoms with E-state index in [1.807, 2.05) is 13.0 Å². The fraction of sp³-hybridized carbons (Fsp3) is 0.400. The second-order valence-electron chi connectivity index (χ2n) is 2.87. The van der Waals surface area contributed by atoms with E-state index in [4.69, 9.17) is 5.73 Å². The molecule has 1 aromatic rings. The number of alkyl halides is 2. The highest BCUT2D eigenvalue weighted by atomic mass is 32.2. The molecule has 0 amide bonds. The van der Waals surface area contributed by atoms with Crippen molar-refractivity contribution in [3.8, 4) is 0 Å². The minimum atomic E-state index is -2.91. The lowest BCUT2D eigenvalue weighted by Gasteiger charge is -2.14. The van der Waals surface area contributed by atoms with Gasteiger partial charge in [0, 0.05) is 10.5 Å². The fourth-order valence-corrected chi connectivity index (χ4v) is 1.82. The number of nitrogens with two attached hydrogens (primary N) is 1. The summed E-state index contributed by atoms with van der Waals surface area (Å²) in [7, 11) is 0. The zero-order valence-electron chi connectivity index (χ0n) is 7.97. The molecule has 4 heteroatoms. The van der Waals surface area contributed by atoms with Crippen molar-refractivity contribution < 1.29 is 8.78 Å². The Hall–Kier alpha value is -0.610. The van der Waals surface area contributed by atoms with Crippen LogP contribution in [0, 0.1) is 0 Å². The molecule has 1 aromatic carbocycles. The van der Waals surface area contributed by atoms with Gasteiger partial charge in [0.2, 0.25) is 0 Å². The van der Waals surface area contributed by atoms with Gasteiger partial charge in [-0.25, -0.2) is 0 Å². The summed E-state index contributed by atoms with van der Waals surface area (Å²) < 4.78 is 26.3. The zero-order chi connectivity index (χ0) is 10.6. The van der Waals surface area contributed by atoms with Crippen molar-refractivity contribution in [3.63, 3.8) is 0 Å². The highest BCUT2D eigenvalue weighted by Gasteiger charge is 2.29. The van der Waals surface area contributed by atoms with E-state index >= 15 is 0 Å². The van der Waals surface area contributed by atoms with Crippen molar-refractivity contribution in [2.24, 2.45) is 5.73 Å². The van der Waals surface area contributed by atoms with Gasteiger partial charge in [-0.1, -0.05) is 19.1 Å². The third-order valence-corrected chi connectivity index (χ3v) is 2.70. The Morgan fingerprint density at radius 1 is 1.43 bits per heavy atom. The molecule has 0 aromatic heterocycles. The van der Waals surface area contributed by atoms with Gasteiger partial charge in [-0.15, -0.1) is 11.8 Å². The predicted molar refractivity (Wildman–Crippen MR) is 55.8 cm³/mol. The van der Waals surface area contributed by atoms with Gasteiger partial charge >= 0.3 is 0 Å². The standard InChI is InChI=1S/C10H13F2NS/c1-2-14-9-5-3-4-8(6-9)10(11,12)7-13/h3-6H,2,7,13H2,1H3. The van der Waals surface area contributed by atoms with Crippen LogP contribution in [0.4, 0.5) is 8.78 Å². The molecule has 0 aliphatic heterocycles. The molecule has 0 saturated heterocycles. The van der Waals surface area contributed by atoms with E-state index in [-0.39, 0.29) is 5.56 Å². The van der Waals surface area contributed by atoms with E-state index in [2.05, 4.69) is 0 Å². The van der Waals surface area contributed by atoms with Crippen LogP contribution in [0.5, 0.6) is 0 Å². The summed E-state index contributed by atoms with van der Waals surface area (Å²) in [5, 5.41) is 0. The molecular formula is C10H13F2NS. The van der Waals surface area contributed by atoms with E-state index in [1.54, 1.807) is 17.8 Å². The maximum absolute atomic E-state index is 13.2. The van der Waals surface area contributed by atoms with Crippen LogP contribution in [0.1, 0.15) is 12.5 Å². The first kappa shape index (κ1) is 11.5. The van der Waals surface area contributed by atoms with Gasteiger partial charge in [0.1, 0.15) is 0 Å². The van der Waals surface area contributed by atoms with Gasteiger partial charge in [-0.05, 0) is 17.9 Å². The number of halogens is 2. The van der Waals surface area contributed by atoms with E-state index < -0.39 is 12.5 Å². The fourth-order valence-electron chi connectivity index (χ4n) is 1.10. The Morgan fingerprint density at radius 2 is 2.14 bits per heavy atom. The molecule has 0 radical (unpaired) electrons.